The fourth-order valence-electron chi connectivity index (χ4n) is 7.29. The number of fused-ring (bicyclic) bond motifs is 9. The van der Waals surface area contributed by atoms with Gasteiger partial charge in [0.1, 0.15) is 5.75 Å². The highest BCUT2D eigenvalue weighted by Gasteiger charge is 2.32. The topological polar surface area (TPSA) is 167 Å². The fraction of sp³-hybridized carbons (Fsp3) is 0.0200. The monoisotopic (exact) mass is 788 g/mol. The number of para-hydroxylation sites is 1. The summed E-state index contributed by atoms with van der Waals surface area (Å²) in [5, 5.41) is 2.69. The van der Waals surface area contributed by atoms with Crippen LogP contribution in [0.1, 0.15) is 62.1 Å². The average Bonchev–Trinajstić information content (AvgIpc) is 3.29. The van der Waals surface area contributed by atoms with Crippen molar-refractivity contribution in [3.63, 3.8) is 0 Å². The largest absolute Gasteiger partial charge is 0.484 e. The second-order valence-electron chi connectivity index (χ2n) is 13.9. The van der Waals surface area contributed by atoms with Crippen LogP contribution in [0.4, 0.5) is 11.4 Å². The predicted octanol–water partition coefficient (Wildman–Crippen LogP) is 8.80. The molecule has 0 saturated carbocycles. The van der Waals surface area contributed by atoms with Gasteiger partial charge in [-0.05, 0) is 69.8 Å². The van der Waals surface area contributed by atoms with Gasteiger partial charge in [0.25, 0.3) is 5.91 Å². The Kier molecular flexibility index (Phi) is 10.4. The van der Waals surface area contributed by atoms with Gasteiger partial charge < -0.3 is 15.8 Å². The summed E-state index contributed by atoms with van der Waals surface area (Å²) in [6.07, 6.45) is 0. The third-order valence-electron chi connectivity index (χ3n) is 10.1. The number of carbonyl (C=O) groups is 7. The number of ether oxygens (including phenoxy) is 1. The minimum Gasteiger partial charge on any atom is -0.484 e. The first-order valence-corrected chi connectivity index (χ1v) is 18.8. The number of Topliss-reactive ketones (excluding diaryl/α,β-unsaturated/α-hetero) is 6. The van der Waals surface area contributed by atoms with Crippen molar-refractivity contribution < 1.29 is 38.3 Å². The molecule has 0 saturated heterocycles. The van der Waals surface area contributed by atoms with Crippen molar-refractivity contribution in [3.05, 3.63) is 197 Å². The number of ketones is 6. The highest BCUT2D eigenvalue weighted by molar-refractivity contribution is 6.54. The molecule has 0 radical (unpaired) electrons. The lowest BCUT2D eigenvalue weighted by molar-refractivity contribution is -0.118. The van der Waals surface area contributed by atoms with Crippen LogP contribution in [-0.4, -0.2) is 47.2 Å². The number of hydrogen-bond acceptors (Lipinski definition) is 9. The van der Waals surface area contributed by atoms with Gasteiger partial charge in [-0.15, -0.1) is 0 Å². The molecule has 10 heteroatoms. The lowest BCUT2D eigenvalue weighted by Crippen LogP contribution is -2.23. The van der Waals surface area contributed by atoms with Crippen LogP contribution in [-0.2, 0) is 4.79 Å². The van der Waals surface area contributed by atoms with E-state index in [0.29, 0.717) is 56.1 Å². The summed E-state index contributed by atoms with van der Waals surface area (Å²) in [4.78, 5) is 84.4. The molecule has 10 rings (SSSR count). The van der Waals surface area contributed by atoms with Crippen molar-refractivity contribution in [1.29, 1.82) is 0 Å². The minimum absolute atomic E-state index is 0.156. The summed E-state index contributed by atoms with van der Waals surface area (Å²) in [5.74, 6) is -2.62. The van der Waals surface area contributed by atoms with Gasteiger partial charge in [-0.2, -0.15) is 0 Å². The zero-order chi connectivity index (χ0) is 41.9. The first-order chi connectivity index (χ1) is 29.1. The van der Waals surface area contributed by atoms with Crippen LogP contribution in [0.15, 0.2) is 164 Å². The Bertz CT molecular complexity index is 2900. The van der Waals surface area contributed by atoms with Crippen molar-refractivity contribution in [2.24, 2.45) is 0 Å². The standard InChI is InChI=1S/C22H15NO4.C14H9NO2.C14H8O2/c24-20(13-27-15-6-2-1-3-7-15)23-14-10-11-17-16-8-4-5-9-18(16)21(25)22(26)19(17)12-14;15-8-5-6-10-9-3-1-2-4-11(9)13(16)14(17)12(10)7-8;15-13-11-7-3-1-5-9(11)10-6-2-4-8-12(10)14(13)16/h1-12H,13H2,(H,23,24);1-7H,15H2;1-8H. The van der Waals surface area contributed by atoms with Crippen molar-refractivity contribution in [3.8, 4) is 39.1 Å². The van der Waals surface area contributed by atoms with Crippen LogP contribution in [0, 0.1) is 0 Å². The van der Waals surface area contributed by atoms with E-state index in [1.54, 1.807) is 91.0 Å². The SMILES string of the molecule is Nc1ccc2c(c1)C(=O)C(=O)c1ccccc1-2.O=C(COc1ccccc1)Nc1ccc2c(c1)C(=O)C(=O)c1ccccc1-2.O=C1C(=O)c2ccccc2-c2ccccc21. The molecule has 0 atom stereocenters. The summed E-state index contributed by atoms with van der Waals surface area (Å²) in [6.45, 7) is -0.156. The zero-order valence-corrected chi connectivity index (χ0v) is 31.6. The van der Waals surface area contributed by atoms with Crippen LogP contribution in [0.3, 0.4) is 0 Å². The molecule has 3 N–H and O–H groups in total. The van der Waals surface area contributed by atoms with Crippen LogP contribution in [0.2, 0.25) is 0 Å². The van der Waals surface area contributed by atoms with Gasteiger partial charge in [-0.1, -0.05) is 127 Å². The van der Waals surface area contributed by atoms with E-state index in [0.717, 1.165) is 27.8 Å². The molecule has 3 aliphatic carbocycles. The number of rotatable bonds is 4. The van der Waals surface area contributed by atoms with Crippen molar-refractivity contribution in [1.82, 2.24) is 0 Å². The van der Waals surface area contributed by atoms with Gasteiger partial charge in [0.2, 0.25) is 34.7 Å². The summed E-state index contributed by atoms with van der Waals surface area (Å²) in [5.41, 5.74) is 13.8. The Hall–Kier alpha value is -8.37. The maximum Gasteiger partial charge on any atom is 0.262 e. The molecule has 10 nitrogen and oxygen atoms in total. The summed E-state index contributed by atoms with van der Waals surface area (Å²) in [7, 11) is 0. The van der Waals surface area contributed by atoms with Crippen molar-refractivity contribution >= 4 is 52.0 Å². The van der Waals surface area contributed by atoms with Crippen molar-refractivity contribution in [2.45, 2.75) is 0 Å². The molecule has 7 aromatic rings. The van der Waals surface area contributed by atoms with E-state index in [-0.39, 0.29) is 12.5 Å². The first-order valence-electron chi connectivity index (χ1n) is 18.8. The smallest absolute Gasteiger partial charge is 0.262 e. The van der Waals surface area contributed by atoms with Gasteiger partial charge in [-0.3, -0.25) is 33.6 Å². The Morgan fingerprint density at radius 2 is 0.717 bits per heavy atom. The van der Waals surface area contributed by atoms with Gasteiger partial charge in [0.05, 0.1) is 0 Å². The molecule has 0 fully saturated rings. The van der Waals surface area contributed by atoms with Gasteiger partial charge in [0.15, 0.2) is 6.61 Å². The van der Waals surface area contributed by atoms with Crippen LogP contribution >= 0.6 is 0 Å². The molecule has 0 aromatic heterocycles. The zero-order valence-electron chi connectivity index (χ0n) is 31.6. The second kappa shape index (κ2) is 16.2. The molecule has 0 bridgehead atoms. The molecule has 0 spiro atoms. The van der Waals surface area contributed by atoms with Crippen LogP contribution in [0.25, 0.3) is 33.4 Å². The first kappa shape index (κ1) is 38.5. The molecule has 60 heavy (non-hydrogen) atoms. The Labute approximate surface area is 343 Å². The van der Waals surface area contributed by atoms with Crippen LogP contribution in [0.5, 0.6) is 5.75 Å². The maximum absolute atomic E-state index is 12.4. The van der Waals surface area contributed by atoms with E-state index < -0.39 is 34.7 Å². The van der Waals surface area contributed by atoms with Crippen LogP contribution < -0.4 is 15.8 Å². The Morgan fingerprint density at radius 1 is 0.383 bits per heavy atom. The lowest BCUT2D eigenvalue weighted by Gasteiger charge is -2.18. The fourth-order valence-corrected chi connectivity index (χ4v) is 7.29. The molecule has 3 aliphatic rings. The van der Waals surface area contributed by atoms with E-state index in [9.17, 15) is 33.6 Å². The third kappa shape index (κ3) is 7.32. The highest BCUT2D eigenvalue weighted by Crippen LogP contribution is 2.36. The number of nitrogens with two attached hydrogens (primary N) is 1. The lowest BCUT2D eigenvalue weighted by atomic mass is 9.84. The number of nitrogen functional groups attached to an aromatic ring is 1. The van der Waals surface area contributed by atoms with Gasteiger partial charge in [-0.25, -0.2) is 0 Å². The number of amides is 1. The van der Waals surface area contributed by atoms with Gasteiger partial charge >= 0.3 is 0 Å². The number of nitrogens with one attached hydrogen (secondary N) is 1. The quantitative estimate of drug-likeness (QED) is 0.131. The van der Waals surface area contributed by atoms with Gasteiger partial charge in [0, 0.05) is 44.8 Å². The molecular weight excluding hydrogens is 757 g/mol. The Morgan fingerprint density at radius 3 is 1.15 bits per heavy atom. The van der Waals surface area contributed by atoms with E-state index in [2.05, 4.69) is 5.32 Å². The minimum atomic E-state index is -0.569. The molecule has 290 valence electrons. The number of carbonyl (C=O) groups excluding carboxylic acids is 7. The molecule has 0 unspecified atom stereocenters. The van der Waals surface area contributed by atoms with E-state index in [1.807, 2.05) is 66.7 Å². The Balaban J connectivity index is 0.000000131. The molecule has 7 aromatic carbocycles. The normalized spacial score (nSPS) is 12.7. The number of benzene rings is 7. The second-order valence-corrected chi connectivity index (χ2v) is 13.9. The van der Waals surface area contributed by atoms with E-state index >= 15 is 0 Å². The number of hydrogen-bond donors (Lipinski definition) is 2. The van der Waals surface area contributed by atoms with E-state index in [4.69, 9.17) is 10.5 Å². The highest BCUT2D eigenvalue weighted by atomic mass is 16.5. The molecule has 0 heterocycles. The summed E-state index contributed by atoms with van der Waals surface area (Å²) < 4.78 is 5.40. The predicted molar refractivity (Wildman–Crippen MR) is 227 cm³/mol. The van der Waals surface area contributed by atoms with Crippen molar-refractivity contribution in [2.75, 3.05) is 17.7 Å². The maximum atomic E-state index is 12.4. The molecule has 1 amide bonds. The van der Waals surface area contributed by atoms with E-state index in [1.165, 1.54) is 6.07 Å². The summed E-state index contributed by atoms with van der Waals surface area (Å²) >= 11 is 0. The number of anilines is 2. The average molecular weight is 789 g/mol. The molecule has 0 aliphatic heterocycles. The third-order valence-corrected chi connectivity index (χ3v) is 10.1. The molecular formula is C50H32N2O8. The summed E-state index contributed by atoms with van der Waals surface area (Å²) in [6, 6.07) is 47.7.